The third-order valence-electron chi connectivity index (χ3n) is 5.68. The summed E-state index contributed by atoms with van der Waals surface area (Å²) < 4.78 is 0. The summed E-state index contributed by atoms with van der Waals surface area (Å²) in [6.07, 6.45) is 10.4. The van der Waals surface area contributed by atoms with Crippen LogP contribution in [0.15, 0.2) is 30.3 Å². The molecule has 116 valence electrons. The SMILES string of the molecule is OCC1(Cc2ccccc2)CCCN1CCCC1CCC1. The van der Waals surface area contributed by atoms with E-state index in [0.29, 0.717) is 6.61 Å². The predicted molar refractivity (Wildman–Crippen MR) is 87.3 cm³/mol. The minimum atomic E-state index is 0.000959. The Morgan fingerprint density at radius 3 is 2.62 bits per heavy atom. The molecule has 2 nitrogen and oxygen atoms in total. The van der Waals surface area contributed by atoms with Gasteiger partial charge < -0.3 is 5.11 Å². The van der Waals surface area contributed by atoms with Crippen molar-refractivity contribution >= 4 is 0 Å². The molecule has 0 spiro atoms. The lowest BCUT2D eigenvalue weighted by Crippen LogP contribution is -2.49. The van der Waals surface area contributed by atoms with Crippen LogP contribution in [0.2, 0.25) is 0 Å². The summed E-state index contributed by atoms with van der Waals surface area (Å²) in [5, 5.41) is 10.1. The Balaban J connectivity index is 1.58. The van der Waals surface area contributed by atoms with Gasteiger partial charge in [0.25, 0.3) is 0 Å². The maximum Gasteiger partial charge on any atom is 0.0618 e. The van der Waals surface area contributed by atoms with Crippen molar-refractivity contribution in [1.29, 1.82) is 0 Å². The average molecular weight is 287 g/mol. The smallest absolute Gasteiger partial charge is 0.0618 e. The maximum atomic E-state index is 10.1. The van der Waals surface area contributed by atoms with Crippen molar-refractivity contribution in [3.63, 3.8) is 0 Å². The highest BCUT2D eigenvalue weighted by Crippen LogP contribution is 2.34. The van der Waals surface area contributed by atoms with Crippen LogP contribution < -0.4 is 0 Å². The summed E-state index contributed by atoms with van der Waals surface area (Å²) >= 11 is 0. The van der Waals surface area contributed by atoms with E-state index in [1.807, 2.05) is 0 Å². The molecule has 1 saturated carbocycles. The third-order valence-corrected chi connectivity index (χ3v) is 5.68. The van der Waals surface area contributed by atoms with E-state index in [4.69, 9.17) is 0 Å². The lowest BCUT2D eigenvalue weighted by molar-refractivity contribution is 0.0606. The first-order valence-electron chi connectivity index (χ1n) is 8.72. The molecule has 21 heavy (non-hydrogen) atoms. The van der Waals surface area contributed by atoms with Gasteiger partial charge in [0.2, 0.25) is 0 Å². The summed E-state index contributed by atoms with van der Waals surface area (Å²) in [7, 11) is 0. The summed E-state index contributed by atoms with van der Waals surface area (Å²) in [5.41, 5.74) is 1.36. The third kappa shape index (κ3) is 3.49. The standard InChI is InChI=1S/C19H29NO/c21-16-19(15-18-7-2-1-3-8-18)12-6-14-20(19)13-5-11-17-9-4-10-17/h1-3,7-8,17,21H,4-6,9-16H2. The molecule has 2 heteroatoms. The lowest BCUT2D eigenvalue weighted by Gasteiger charge is -2.38. The van der Waals surface area contributed by atoms with E-state index in [1.54, 1.807) is 0 Å². The molecule has 1 aliphatic carbocycles. The van der Waals surface area contributed by atoms with Gasteiger partial charge >= 0.3 is 0 Å². The van der Waals surface area contributed by atoms with Gasteiger partial charge in [-0.1, -0.05) is 49.6 Å². The van der Waals surface area contributed by atoms with Gasteiger partial charge in [-0.3, -0.25) is 4.90 Å². The van der Waals surface area contributed by atoms with Crippen LogP contribution in [0.3, 0.4) is 0 Å². The van der Waals surface area contributed by atoms with E-state index >= 15 is 0 Å². The molecule has 2 aliphatic rings. The molecule has 1 aromatic rings. The number of aliphatic hydroxyl groups is 1. The van der Waals surface area contributed by atoms with Crippen molar-refractivity contribution in [2.75, 3.05) is 19.7 Å². The molecule has 0 bridgehead atoms. The van der Waals surface area contributed by atoms with E-state index < -0.39 is 0 Å². The van der Waals surface area contributed by atoms with Gasteiger partial charge in [0.05, 0.1) is 6.61 Å². The molecule has 1 unspecified atom stereocenters. The first-order valence-corrected chi connectivity index (χ1v) is 8.72. The van der Waals surface area contributed by atoms with E-state index in [-0.39, 0.29) is 5.54 Å². The molecule has 2 fully saturated rings. The molecule has 3 rings (SSSR count). The van der Waals surface area contributed by atoms with Crippen molar-refractivity contribution in [2.45, 2.75) is 56.9 Å². The van der Waals surface area contributed by atoms with Crippen molar-refractivity contribution in [1.82, 2.24) is 4.90 Å². The van der Waals surface area contributed by atoms with Crippen LogP contribution in [0.4, 0.5) is 0 Å². The average Bonchev–Trinajstić information content (AvgIpc) is 2.86. The number of aliphatic hydroxyl groups excluding tert-OH is 1. The monoisotopic (exact) mass is 287 g/mol. The molecule has 0 aromatic heterocycles. The Bertz CT molecular complexity index is 428. The van der Waals surface area contributed by atoms with Crippen molar-refractivity contribution < 1.29 is 5.11 Å². The van der Waals surface area contributed by atoms with Gasteiger partial charge in [0.1, 0.15) is 0 Å². The van der Waals surface area contributed by atoms with E-state index in [1.165, 1.54) is 50.6 Å². The van der Waals surface area contributed by atoms with Crippen LogP contribution in [-0.2, 0) is 6.42 Å². The number of likely N-dealkylation sites (tertiary alicyclic amines) is 1. The molecule has 0 radical (unpaired) electrons. The molecule has 0 amide bonds. The van der Waals surface area contributed by atoms with Crippen LogP contribution in [0.25, 0.3) is 0 Å². The Morgan fingerprint density at radius 1 is 1.14 bits per heavy atom. The summed E-state index contributed by atoms with van der Waals surface area (Å²) in [6.45, 7) is 2.63. The van der Waals surface area contributed by atoms with E-state index in [9.17, 15) is 5.11 Å². The Morgan fingerprint density at radius 2 is 1.95 bits per heavy atom. The highest BCUT2D eigenvalue weighted by molar-refractivity contribution is 5.19. The molecule has 1 heterocycles. The second kappa shape index (κ2) is 6.93. The maximum absolute atomic E-state index is 10.1. The van der Waals surface area contributed by atoms with Crippen molar-refractivity contribution in [3.8, 4) is 0 Å². The summed E-state index contributed by atoms with van der Waals surface area (Å²) in [6, 6.07) is 10.7. The fourth-order valence-corrected chi connectivity index (χ4v) is 4.11. The quantitative estimate of drug-likeness (QED) is 0.827. The van der Waals surface area contributed by atoms with Gasteiger partial charge in [-0.2, -0.15) is 0 Å². The molecular formula is C19H29NO. The molecule has 1 aliphatic heterocycles. The first kappa shape index (κ1) is 15.1. The second-order valence-corrected chi connectivity index (χ2v) is 7.07. The van der Waals surface area contributed by atoms with E-state index in [2.05, 4.69) is 35.2 Å². The number of rotatable bonds is 7. The zero-order valence-electron chi connectivity index (χ0n) is 13.1. The molecule has 1 aromatic carbocycles. The van der Waals surface area contributed by atoms with Crippen molar-refractivity contribution in [3.05, 3.63) is 35.9 Å². The van der Waals surface area contributed by atoms with Crippen LogP contribution in [0.5, 0.6) is 0 Å². The van der Waals surface area contributed by atoms with Crippen LogP contribution in [-0.4, -0.2) is 35.2 Å². The number of hydrogen-bond donors (Lipinski definition) is 1. The number of nitrogens with zero attached hydrogens (tertiary/aromatic N) is 1. The highest BCUT2D eigenvalue weighted by Gasteiger charge is 2.40. The normalized spacial score (nSPS) is 26.9. The topological polar surface area (TPSA) is 23.5 Å². The predicted octanol–water partition coefficient (Wildman–Crippen LogP) is 3.64. The fraction of sp³-hybridized carbons (Fsp3) is 0.684. The number of benzene rings is 1. The molecule has 1 atom stereocenters. The minimum Gasteiger partial charge on any atom is -0.394 e. The largest absolute Gasteiger partial charge is 0.394 e. The van der Waals surface area contributed by atoms with Crippen LogP contribution >= 0.6 is 0 Å². The first-order chi connectivity index (χ1) is 10.3. The van der Waals surface area contributed by atoms with Gasteiger partial charge in [-0.25, -0.2) is 0 Å². The van der Waals surface area contributed by atoms with Gasteiger partial charge in [0, 0.05) is 5.54 Å². The Hall–Kier alpha value is -0.860. The molecule has 1 saturated heterocycles. The summed E-state index contributed by atoms with van der Waals surface area (Å²) in [4.78, 5) is 2.58. The highest BCUT2D eigenvalue weighted by atomic mass is 16.3. The zero-order valence-corrected chi connectivity index (χ0v) is 13.1. The van der Waals surface area contributed by atoms with Gasteiger partial charge in [-0.15, -0.1) is 0 Å². The number of hydrogen-bond acceptors (Lipinski definition) is 2. The Labute approximate surface area is 129 Å². The second-order valence-electron chi connectivity index (χ2n) is 7.07. The summed E-state index contributed by atoms with van der Waals surface area (Å²) in [5.74, 6) is 1.00. The molecule has 1 N–H and O–H groups in total. The lowest BCUT2D eigenvalue weighted by atomic mass is 9.82. The Kier molecular flexibility index (Phi) is 4.97. The van der Waals surface area contributed by atoms with E-state index in [0.717, 1.165) is 25.3 Å². The minimum absolute atomic E-state index is 0.000959. The fourth-order valence-electron chi connectivity index (χ4n) is 4.11. The van der Waals surface area contributed by atoms with Gasteiger partial charge in [-0.05, 0) is 56.7 Å². The van der Waals surface area contributed by atoms with Crippen LogP contribution in [0.1, 0.15) is 50.5 Å². The zero-order chi connectivity index (χ0) is 14.5. The van der Waals surface area contributed by atoms with Crippen LogP contribution in [0, 0.1) is 5.92 Å². The van der Waals surface area contributed by atoms with Gasteiger partial charge in [0.15, 0.2) is 0 Å². The molecular weight excluding hydrogens is 258 g/mol. The van der Waals surface area contributed by atoms with Crippen molar-refractivity contribution in [2.24, 2.45) is 5.92 Å².